The van der Waals surface area contributed by atoms with Crippen LogP contribution in [0.1, 0.15) is 31.7 Å². The van der Waals surface area contributed by atoms with Crippen molar-refractivity contribution in [3.63, 3.8) is 0 Å². The minimum Gasteiger partial charge on any atom is -0.369 e. The second-order valence-corrected chi connectivity index (χ2v) is 4.23. The molecule has 0 radical (unpaired) electrons. The maximum atomic E-state index is 11.8. The molecule has 5 nitrogen and oxygen atoms in total. The van der Waals surface area contributed by atoms with Crippen molar-refractivity contribution < 1.29 is 9.59 Å². The van der Waals surface area contributed by atoms with Crippen LogP contribution in [0.3, 0.4) is 0 Å². The third-order valence-corrected chi connectivity index (χ3v) is 3.34. The number of carbonyl (C=O) groups is 2. The molecule has 5 heteroatoms. The van der Waals surface area contributed by atoms with Gasteiger partial charge in [0.05, 0.1) is 5.41 Å². The van der Waals surface area contributed by atoms with E-state index in [-0.39, 0.29) is 12.3 Å². The summed E-state index contributed by atoms with van der Waals surface area (Å²) >= 11 is 0. The van der Waals surface area contributed by atoms with Gasteiger partial charge in [-0.2, -0.15) is 0 Å². The Morgan fingerprint density at radius 3 is 2.33 bits per heavy atom. The Kier molecular flexibility index (Phi) is 4.85. The van der Waals surface area contributed by atoms with Gasteiger partial charge in [-0.25, -0.2) is 5.84 Å². The van der Waals surface area contributed by atoms with Gasteiger partial charge in [0.2, 0.25) is 11.8 Å². The highest BCUT2D eigenvalue weighted by Gasteiger charge is 2.36. The topological polar surface area (TPSA) is 98.2 Å². The number of rotatable bonds is 6. The fourth-order valence-corrected chi connectivity index (χ4v) is 2.12. The van der Waals surface area contributed by atoms with E-state index in [1.54, 1.807) is 0 Å². The summed E-state index contributed by atoms with van der Waals surface area (Å²) in [7, 11) is 0. The summed E-state index contributed by atoms with van der Waals surface area (Å²) < 4.78 is 0. The smallest absolute Gasteiger partial charge is 0.233 e. The van der Waals surface area contributed by atoms with E-state index in [9.17, 15) is 9.59 Å². The van der Waals surface area contributed by atoms with Gasteiger partial charge in [0, 0.05) is 6.42 Å². The number of primary amides is 1. The highest BCUT2D eigenvalue weighted by Crippen LogP contribution is 2.32. The monoisotopic (exact) mass is 249 g/mol. The van der Waals surface area contributed by atoms with E-state index in [0.717, 1.165) is 5.56 Å². The van der Waals surface area contributed by atoms with Crippen molar-refractivity contribution in [2.75, 3.05) is 0 Å². The minimum atomic E-state index is -0.812. The van der Waals surface area contributed by atoms with Crippen LogP contribution < -0.4 is 17.0 Å². The molecule has 0 saturated heterocycles. The fraction of sp³-hybridized carbons (Fsp3) is 0.385. The van der Waals surface area contributed by atoms with Crippen LogP contribution in [0.15, 0.2) is 30.3 Å². The van der Waals surface area contributed by atoms with Crippen molar-refractivity contribution in [1.29, 1.82) is 0 Å². The van der Waals surface area contributed by atoms with Gasteiger partial charge in [0.25, 0.3) is 0 Å². The number of nitrogens with two attached hydrogens (primary N) is 2. The number of nitrogens with one attached hydrogen (secondary N) is 1. The minimum absolute atomic E-state index is 0.169. The predicted octanol–water partition coefficient (Wildman–Crippen LogP) is 0.590. The van der Waals surface area contributed by atoms with Crippen LogP contribution in [-0.2, 0) is 15.0 Å². The molecule has 0 fully saturated rings. The molecule has 1 aromatic carbocycles. The van der Waals surface area contributed by atoms with E-state index in [1.165, 1.54) is 0 Å². The molecule has 18 heavy (non-hydrogen) atoms. The number of benzene rings is 1. The summed E-state index contributed by atoms with van der Waals surface area (Å²) in [5.74, 6) is 4.33. The highest BCUT2D eigenvalue weighted by molar-refractivity contribution is 5.87. The lowest BCUT2D eigenvalue weighted by atomic mass is 9.74. The van der Waals surface area contributed by atoms with Gasteiger partial charge in [-0.15, -0.1) is 0 Å². The van der Waals surface area contributed by atoms with Crippen molar-refractivity contribution in [1.82, 2.24) is 5.43 Å². The first-order valence-electron chi connectivity index (χ1n) is 5.91. The lowest BCUT2D eigenvalue weighted by molar-refractivity contribution is -0.125. The van der Waals surface area contributed by atoms with Crippen molar-refractivity contribution in [3.8, 4) is 0 Å². The number of hydrazine groups is 1. The first-order chi connectivity index (χ1) is 8.56. The van der Waals surface area contributed by atoms with Crippen LogP contribution in [0.25, 0.3) is 0 Å². The largest absolute Gasteiger partial charge is 0.369 e. The summed E-state index contributed by atoms with van der Waals surface area (Å²) in [6.45, 7) is 1.89. The molecule has 0 aromatic heterocycles. The van der Waals surface area contributed by atoms with E-state index in [1.807, 2.05) is 37.3 Å². The Bertz CT molecular complexity index is 420. The van der Waals surface area contributed by atoms with Gasteiger partial charge >= 0.3 is 0 Å². The summed E-state index contributed by atoms with van der Waals surface area (Å²) in [6, 6.07) is 9.29. The molecule has 0 saturated carbocycles. The van der Waals surface area contributed by atoms with Gasteiger partial charge in [0.15, 0.2) is 0 Å². The molecule has 2 amide bonds. The van der Waals surface area contributed by atoms with E-state index < -0.39 is 11.3 Å². The first kappa shape index (κ1) is 14.2. The lowest BCUT2D eigenvalue weighted by Gasteiger charge is -2.29. The van der Waals surface area contributed by atoms with Crippen LogP contribution in [0.4, 0.5) is 0 Å². The van der Waals surface area contributed by atoms with Crippen molar-refractivity contribution in [2.24, 2.45) is 11.6 Å². The Morgan fingerprint density at radius 2 is 1.89 bits per heavy atom. The molecule has 0 spiro atoms. The summed E-state index contributed by atoms with van der Waals surface area (Å²) in [6.07, 6.45) is 1.07. The van der Waals surface area contributed by atoms with Gasteiger partial charge < -0.3 is 5.73 Å². The molecule has 0 unspecified atom stereocenters. The summed E-state index contributed by atoms with van der Waals surface area (Å²) in [5.41, 5.74) is 7.63. The Labute approximate surface area is 107 Å². The second kappa shape index (κ2) is 6.16. The second-order valence-electron chi connectivity index (χ2n) is 4.23. The van der Waals surface area contributed by atoms with Crippen LogP contribution in [0.2, 0.25) is 0 Å². The Morgan fingerprint density at radius 1 is 1.28 bits per heavy atom. The molecule has 1 aromatic rings. The normalized spacial score (nSPS) is 13.7. The van der Waals surface area contributed by atoms with Gasteiger partial charge in [-0.05, 0) is 18.4 Å². The SMILES string of the molecule is CC[C@](CCC(=O)NN)(C(N)=O)c1ccccc1. The van der Waals surface area contributed by atoms with Crippen LogP contribution in [0, 0.1) is 0 Å². The number of amides is 2. The Hall–Kier alpha value is -1.88. The maximum absolute atomic E-state index is 11.8. The van der Waals surface area contributed by atoms with E-state index >= 15 is 0 Å². The lowest BCUT2D eigenvalue weighted by Crippen LogP contribution is -2.42. The molecule has 1 atom stereocenters. The highest BCUT2D eigenvalue weighted by atomic mass is 16.2. The van der Waals surface area contributed by atoms with Crippen LogP contribution in [0.5, 0.6) is 0 Å². The standard InChI is InChI=1S/C13H19N3O2/c1-2-13(12(14)18,9-8-11(17)16-15)10-6-4-3-5-7-10/h3-7H,2,8-9,15H2,1H3,(H2,14,18)(H,16,17)/t13-/m1/s1. The van der Waals surface area contributed by atoms with E-state index in [4.69, 9.17) is 11.6 Å². The molecule has 0 bridgehead atoms. The number of hydrogen-bond donors (Lipinski definition) is 3. The average Bonchev–Trinajstić information content (AvgIpc) is 2.40. The third-order valence-electron chi connectivity index (χ3n) is 3.34. The van der Waals surface area contributed by atoms with Crippen molar-refractivity contribution in [3.05, 3.63) is 35.9 Å². The van der Waals surface area contributed by atoms with Crippen LogP contribution in [-0.4, -0.2) is 11.8 Å². The van der Waals surface area contributed by atoms with Gasteiger partial charge in [-0.3, -0.25) is 15.0 Å². The molecule has 5 N–H and O–H groups in total. The molecular formula is C13H19N3O2. The Balaban J connectivity index is 3.03. The molecular weight excluding hydrogens is 230 g/mol. The zero-order chi connectivity index (χ0) is 13.6. The fourth-order valence-electron chi connectivity index (χ4n) is 2.12. The molecule has 0 aliphatic heterocycles. The van der Waals surface area contributed by atoms with Crippen LogP contribution >= 0.6 is 0 Å². The molecule has 1 rings (SSSR count). The van der Waals surface area contributed by atoms with E-state index in [2.05, 4.69) is 5.43 Å². The van der Waals surface area contributed by atoms with Crippen molar-refractivity contribution in [2.45, 2.75) is 31.6 Å². The third kappa shape index (κ3) is 2.87. The molecule has 0 aliphatic rings. The first-order valence-corrected chi connectivity index (χ1v) is 5.91. The van der Waals surface area contributed by atoms with Gasteiger partial charge in [0.1, 0.15) is 0 Å². The number of hydrogen-bond acceptors (Lipinski definition) is 3. The maximum Gasteiger partial charge on any atom is 0.233 e. The molecule has 0 heterocycles. The zero-order valence-corrected chi connectivity index (χ0v) is 10.5. The summed E-state index contributed by atoms with van der Waals surface area (Å²) in [5, 5.41) is 0. The van der Waals surface area contributed by atoms with Crippen molar-refractivity contribution >= 4 is 11.8 Å². The predicted molar refractivity (Wildman–Crippen MR) is 69.2 cm³/mol. The van der Waals surface area contributed by atoms with E-state index in [0.29, 0.717) is 12.8 Å². The average molecular weight is 249 g/mol. The molecule has 98 valence electrons. The number of carbonyl (C=O) groups excluding carboxylic acids is 2. The summed E-state index contributed by atoms with van der Waals surface area (Å²) in [4.78, 5) is 23.1. The quantitative estimate of drug-likeness (QED) is 0.391. The van der Waals surface area contributed by atoms with Gasteiger partial charge in [-0.1, -0.05) is 37.3 Å². The molecule has 0 aliphatic carbocycles. The zero-order valence-electron chi connectivity index (χ0n) is 10.5.